The van der Waals surface area contributed by atoms with Gasteiger partial charge in [0.15, 0.2) is 11.5 Å². The van der Waals surface area contributed by atoms with Crippen LogP contribution in [0, 0.1) is 0 Å². The minimum Gasteiger partial charge on any atom is -0.506 e. The Bertz CT molecular complexity index is 732. The number of para-hydroxylation sites is 1. The first-order valence-electron chi connectivity index (χ1n) is 6.14. The highest BCUT2D eigenvalue weighted by atomic mass is 16.3. The van der Waals surface area contributed by atoms with Crippen LogP contribution in [0.2, 0.25) is 0 Å². The summed E-state index contributed by atoms with van der Waals surface area (Å²) in [5, 5.41) is 31.7. The third kappa shape index (κ3) is 2.19. The highest BCUT2D eigenvalue weighted by molar-refractivity contribution is 5.82. The number of aromatic hydroxyl groups is 3. The molecule has 0 unspecified atom stereocenters. The fourth-order valence-corrected chi connectivity index (χ4v) is 2.09. The van der Waals surface area contributed by atoms with Gasteiger partial charge in [-0.3, -0.25) is 0 Å². The second kappa shape index (κ2) is 4.66. The molecule has 3 rings (SSSR count). The molecule has 2 aromatic carbocycles. The first-order chi connectivity index (χ1) is 9.63. The maximum Gasteiger partial charge on any atom is 0.157 e. The summed E-state index contributed by atoms with van der Waals surface area (Å²) in [6.07, 6.45) is 5.59. The van der Waals surface area contributed by atoms with Crippen molar-refractivity contribution in [2.24, 2.45) is 0 Å². The largest absolute Gasteiger partial charge is 0.506 e. The highest BCUT2D eigenvalue weighted by Gasteiger charge is 2.10. The van der Waals surface area contributed by atoms with Crippen LogP contribution < -0.4 is 5.32 Å². The van der Waals surface area contributed by atoms with Gasteiger partial charge in [-0.2, -0.15) is 0 Å². The van der Waals surface area contributed by atoms with Crippen molar-refractivity contribution in [3.05, 3.63) is 59.3 Å². The Kier molecular flexibility index (Phi) is 2.84. The van der Waals surface area contributed by atoms with Crippen LogP contribution in [0.25, 0.3) is 12.2 Å². The summed E-state index contributed by atoms with van der Waals surface area (Å²) in [5.74, 6) is -0.129. The summed E-state index contributed by atoms with van der Waals surface area (Å²) in [5.41, 5.74) is 3.09. The van der Waals surface area contributed by atoms with Gasteiger partial charge in [-0.15, -0.1) is 0 Å². The van der Waals surface area contributed by atoms with E-state index in [-0.39, 0.29) is 17.2 Å². The average Bonchev–Trinajstić information content (AvgIpc) is 2.44. The molecule has 0 spiro atoms. The van der Waals surface area contributed by atoms with Crippen LogP contribution >= 0.6 is 0 Å². The van der Waals surface area contributed by atoms with Crippen molar-refractivity contribution in [3.63, 3.8) is 0 Å². The standard InChI is InChI=1S/C16H13NO3/c18-13-7-4-10(9-15(13)20)8-12-6-5-11-2-1-3-14(19)16(11)17-12/h1-9,17-20H/b12-8+. The SMILES string of the molecule is Oc1ccc(/C=C2\C=Cc3cccc(O)c3N2)cc1O. The highest BCUT2D eigenvalue weighted by Crippen LogP contribution is 2.33. The lowest BCUT2D eigenvalue weighted by Crippen LogP contribution is -2.03. The minimum absolute atomic E-state index is 0.151. The maximum absolute atomic E-state index is 9.82. The molecule has 0 amide bonds. The molecule has 1 heterocycles. The van der Waals surface area contributed by atoms with Crippen LogP contribution in [0.15, 0.2) is 48.2 Å². The Labute approximate surface area is 115 Å². The van der Waals surface area contributed by atoms with E-state index in [1.165, 1.54) is 12.1 Å². The Morgan fingerprint density at radius 1 is 0.850 bits per heavy atom. The minimum atomic E-state index is -0.164. The van der Waals surface area contributed by atoms with Gasteiger partial charge < -0.3 is 20.6 Å². The number of benzene rings is 2. The van der Waals surface area contributed by atoms with Crippen molar-refractivity contribution in [3.8, 4) is 17.2 Å². The van der Waals surface area contributed by atoms with Gasteiger partial charge in [-0.1, -0.05) is 24.3 Å². The number of allylic oxidation sites excluding steroid dienone is 1. The van der Waals surface area contributed by atoms with E-state index in [0.717, 1.165) is 16.8 Å². The van der Waals surface area contributed by atoms with Gasteiger partial charge >= 0.3 is 0 Å². The summed E-state index contributed by atoms with van der Waals surface area (Å²) in [4.78, 5) is 0. The number of fused-ring (bicyclic) bond motifs is 1. The molecule has 4 heteroatoms. The van der Waals surface area contributed by atoms with E-state index in [2.05, 4.69) is 5.32 Å². The predicted molar refractivity (Wildman–Crippen MR) is 78.5 cm³/mol. The molecule has 0 saturated heterocycles. The molecule has 0 aliphatic carbocycles. The fourth-order valence-electron chi connectivity index (χ4n) is 2.09. The second-order valence-electron chi connectivity index (χ2n) is 4.55. The molecule has 100 valence electrons. The Morgan fingerprint density at radius 2 is 1.70 bits per heavy atom. The molecule has 4 N–H and O–H groups in total. The Balaban J connectivity index is 1.95. The van der Waals surface area contributed by atoms with Crippen molar-refractivity contribution in [1.29, 1.82) is 0 Å². The molecule has 2 aromatic rings. The van der Waals surface area contributed by atoms with Crippen molar-refractivity contribution < 1.29 is 15.3 Å². The van der Waals surface area contributed by atoms with E-state index >= 15 is 0 Å². The monoisotopic (exact) mass is 267 g/mol. The number of hydrogen-bond acceptors (Lipinski definition) is 4. The number of rotatable bonds is 1. The summed E-state index contributed by atoms with van der Waals surface area (Å²) >= 11 is 0. The quantitative estimate of drug-likeness (QED) is 0.598. The number of nitrogens with one attached hydrogen (secondary N) is 1. The van der Waals surface area contributed by atoms with E-state index in [9.17, 15) is 15.3 Å². The fraction of sp³-hybridized carbons (Fsp3) is 0. The Hall–Kier alpha value is -2.88. The molecule has 4 nitrogen and oxygen atoms in total. The first-order valence-corrected chi connectivity index (χ1v) is 6.14. The lowest BCUT2D eigenvalue weighted by molar-refractivity contribution is 0.403. The van der Waals surface area contributed by atoms with Gasteiger partial charge in [0, 0.05) is 11.3 Å². The molecule has 0 aromatic heterocycles. The Morgan fingerprint density at radius 3 is 2.50 bits per heavy atom. The summed E-state index contributed by atoms with van der Waals surface area (Å²) in [7, 11) is 0. The molecule has 0 radical (unpaired) electrons. The molecular weight excluding hydrogens is 254 g/mol. The number of phenols is 3. The molecule has 1 aliphatic rings. The molecule has 1 aliphatic heterocycles. The van der Waals surface area contributed by atoms with E-state index in [1.54, 1.807) is 18.2 Å². The van der Waals surface area contributed by atoms with Crippen LogP contribution in [0.4, 0.5) is 5.69 Å². The number of hydrogen-bond donors (Lipinski definition) is 4. The van der Waals surface area contributed by atoms with Crippen molar-refractivity contribution in [1.82, 2.24) is 0 Å². The van der Waals surface area contributed by atoms with Gasteiger partial charge in [0.05, 0.1) is 5.69 Å². The lowest BCUT2D eigenvalue weighted by atomic mass is 10.1. The van der Waals surface area contributed by atoms with E-state index < -0.39 is 0 Å². The summed E-state index contributed by atoms with van der Waals surface area (Å²) in [6.45, 7) is 0. The molecule has 0 bridgehead atoms. The van der Waals surface area contributed by atoms with Gasteiger partial charge in [0.1, 0.15) is 5.75 Å². The van der Waals surface area contributed by atoms with Gasteiger partial charge in [0.2, 0.25) is 0 Å². The zero-order chi connectivity index (χ0) is 14.1. The third-order valence-electron chi connectivity index (χ3n) is 3.11. The molecule has 0 atom stereocenters. The zero-order valence-electron chi connectivity index (χ0n) is 10.5. The summed E-state index contributed by atoms with van der Waals surface area (Å²) in [6, 6.07) is 9.90. The van der Waals surface area contributed by atoms with Gasteiger partial charge in [0.25, 0.3) is 0 Å². The van der Waals surface area contributed by atoms with Crippen LogP contribution in [0.1, 0.15) is 11.1 Å². The summed E-state index contributed by atoms with van der Waals surface area (Å²) < 4.78 is 0. The maximum atomic E-state index is 9.82. The topological polar surface area (TPSA) is 72.7 Å². The van der Waals surface area contributed by atoms with Crippen molar-refractivity contribution >= 4 is 17.8 Å². The third-order valence-corrected chi connectivity index (χ3v) is 3.11. The molecule has 20 heavy (non-hydrogen) atoms. The van der Waals surface area contributed by atoms with Gasteiger partial charge in [-0.25, -0.2) is 0 Å². The van der Waals surface area contributed by atoms with Crippen molar-refractivity contribution in [2.75, 3.05) is 5.32 Å². The van der Waals surface area contributed by atoms with Crippen LogP contribution in [0.3, 0.4) is 0 Å². The van der Waals surface area contributed by atoms with Gasteiger partial charge in [-0.05, 0) is 35.9 Å². The average molecular weight is 267 g/mol. The normalized spacial score (nSPS) is 14.9. The van der Waals surface area contributed by atoms with E-state index in [0.29, 0.717) is 5.69 Å². The molecule has 0 saturated carbocycles. The van der Waals surface area contributed by atoms with E-state index in [1.807, 2.05) is 24.3 Å². The number of phenolic OH excluding ortho intramolecular Hbond substituents is 3. The first kappa shape index (κ1) is 12.2. The van der Waals surface area contributed by atoms with Crippen LogP contribution in [0.5, 0.6) is 17.2 Å². The van der Waals surface area contributed by atoms with E-state index in [4.69, 9.17) is 0 Å². The molecular formula is C16H13NO3. The smallest absolute Gasteiger partial charge is 0.157 e. The zero-order valence-corrected chi connectivity index (χ0v) is 10.5. The lowest BCUT2D eigenvalue weighted by Gasteiger charge is -2.17. The van der Waals surface area contributed by atoms with Crippen LogP contribution in [-0.2, 0) is 0 Å². The molecule has 0 fully saturated rings. The second-order valence-corrected chi connectivity index (χ2v) is 4.55. The van der Waals surface area contributed by atoms with Crippen molar-refractivity contribution in [2.45, 2.75) is 0 Å². The van der Waals surface area contributed by atoms with Crippen LogP contribution in [-0.4, -0.2) is 15.3 Å². The number of anilines is 1. The predicted octanol–water partition coefficient (Wildman–Crippen LogP) is 3.28.